The molecule has 0 spiro atoms. The van der Waals surface area contributed by atoms with Crippen molar-refractivity contribution in [2.75, 3.05) is 33.4 Å². The number of carbonyl (C=O) groups is 1. The number of nitrogens with one attached hydrogen (secondary N) is 2. The van der Waals surface area contributed by atoms with E-state index in [0.29, 0.717) is 18.8 Å². The molecular weight excluding hydrogens is 304 g/mol. The summed E-state index contributed by atoms with van der Waals surface area (Å²) in [5, 5.41) is 10.8. The lowest BCUT2D eigenvalue weighted by Crippen LogP contribution is -2.33. The summed E-state index contributed by atoms with van der Waals surface area (Å²) in [7, 11) is 1.67. The number of aromatic nitrogens is 2. The molecule has 1 heterocycles. The van der Waals surface area contributed by atoms with E-state index in [4.69, 9.17) is 4.74 Å². The second kappa shape index (κ2) is 8.08. The molecule has 0 fully saturated rings. The molecule has 0 radical (unpaired) electrons. The van der Waals surface area contributed by atoms with Crippen molar-refractivity contribution in [3.05, 3.63) is 47.3 Å². The molecule has 1 amide bonds. The molecule has 24 heavy (non-hydrogen) atoms. The smallest absolute Gasteiger partial charge is 0.272 e. The fourth-order valence-corrected chi connectivity index (χ4v) is 3.05. The van der Waals surface area contributed by atoms with Crippen LogP contribution in [0.2, 0.25) is 0 Å². The molecule has 3 rings (SSSR count). The van der Waals surface area contributed by atoms with E-state index in [1.807, 2.05) is 35.0 Å². The normalized spacial score (nSPS) is 13.0. The van der Waals surface area contributed by atoms with Gasteiger partial charge >= 0.3 is 0 Å². The average molecular weight is 328 g/mol. The molecule has 0 aliphatic heterocycles. The van der Waals surface area contributed by atoms with Gasteiger partial charge in [-0.1, -0.05) is 18.2 Å². The van der Waals surface area contributed by atoms with Crippen LogP contribution in [0.5, 0.6) is 0 Å². The molecule has 0 atom stereocenters. The van der Waals surface area contributed by atoms with Crippen LogP contribution in [0.4, 0.5) is 0 Å². The Bertz CT molecular complexity index is 682. The maximum Gasteiger partial charge on any atom is 0.272 e. The summed E-state index contributed by atoms with van der Waals surface area (Å²) < 4.78 is 6.90. The van der Waals surface area contributed by atoms with Crippen molar-refractivity contribution in [2.24, 2.45) is 0 Å². The molecule has 1 aromatic heterocycles. The number of fused-ring (bicyclic) bond motifs is 1. The van der Waals surface area contributed by atoms with Crippen LogP contribution in [0.1, 0.15) is 28.2 Å². The molecule has 0 unspecified atom stereocenters. The standard InChI is InChI=1S/C18H24N4O2/c1-24-13-12-19-10-11-20-18(23)17-15-8-5-9-16(15)22(21-17)14-6-3-2-4-7-14/h2-4,6-7,19H,5,8-13H2,1H3,(H,20,23). The summed E-state index contributed by atoms with van der Waals surface area (Å²) in [5.41, 5.74) is 3.85. The molecule has 2 N–H and O–H groups in total. The highest BCUT2D eigenvalue weighted by Gasteiger charge is 2.26. The van der Waals surface area contributed by atoms with E-state index in [-0.39, 0.29) is 5.91 Å². The van der Waals surface area contributed by atoms with Crippen LogP contribution < -0.4 is 10.6 Å². The zero-order valence-corrected chi connectivity index (χ0v) is 14.0. The van der Waals surface area contributed by atoms with Gasteiger partial charge in [-0.15, -0.1) is 0 Å². The Balaban J connectivity index is 1.67. The van der Waals surface area contributed by atoms with E-state index in [1.54, 1.807) is 7.11 Å². The van der Waals surface area contributed by atoms with E-state index < -0.39 is 0 Å². The van der Waals surface area contributed by atoms with Crippen molar-refractivity contribution >= 4 is 5.91 Å². The van der Waals surface area contributed by atoms with E-state index in [9.17, 15) is 4.79 Å². The van der Waals surface area contributed by atoms with Gasteiger partial charge < -0.3 is 15.4 Å². The molecular formula is C18H24N4O2. The Morgan fingerprint density at radius 1 is 1.21 bits per heavy atom. The maximum atomic E-state index is 12.5. The van der Waals surface area contributed by atoms with Crippen LogP contribution in [0.3, 0.4) is 0 Å². The van der Waals surface area contributed by atoms with Crippen molar-refractivity contribution in [1.82, 2.24) is 20.4 Å². The fourth-order valence-electron chi connectivity index (χ4n) is 3.05. The van der Waals surface area contributed by atoms with Crippen LogP contribution in [0.15, 0.2) is 30.3 Å². The SMILES string of the molecule is COCCNCCNC(=O)c1nn(-c2ccccc2)c2c1CCC2. The van der Waals surface area contributed by atoms with Crippen LogP contribution in [0.25, 0.3) is 5.69 Å². The number of nitrogens with zero attached hydrogens (tertiary/aromatic N) is 2. The van der Waals surface area contributed by atoms with Gasteiger partial charge in [0.15, 0.2) is 5.69 Å². The summed E-state index contributed by atoms with van der Waals surface area (Å²) in [5.74, 6) is -0.0867. The third-order valence-electron chi connectivity index (χ3n) is 4.22. The van der Waals surface area contributed by atoms with E-state index >= 15 is 0 Å². The zero-order valence-electron chi connectivity index (χ0n) is 14.0. The summed E-state index contributed by atoms with van der Waals surface area (Å²) in [6.45, 7) is 2.75. The second-order valence-corrected chi connectivity index (χ2v) is 5.87. The van der Waals surface area contributed by atoms with Crippen molar-refractivity contribution in [2.45, 2.75) is 19.3 Å². The average Bonchev–Trinajstić information content (AvgIpc) is 3.21. The molecule has 0 bridgehead atoms. The zero-order chi connectivity index (χ0) is 16.8. The predicted molar refractivity (Wildman–Crippen MR) is 92.7 cm³/mol. The Labute approximate surface area is 142 Å². The number of rotatable bonds is 8. The van der Waals surface area contributed by atoms with Crippen molar-refractivity contribution < 1.29 is 9.53 Å². The molecule has 1 aromatic carbocycles. The van der Waals surface area contributed by atoms with Crippen molar-refractivity contribution in [3.8, 4) is 5.69 Å². The number of ether oxygens (including phenoxy) is 1. The van der Waals surface area contributed by atoms with Gasteiger partial charge in [0.25, 0.3) is 5.91 Å². The molecule has 1 aliphatic rings. The van der Waals surface area contributed by atoms with E-state index in [0.717, 1.165) is 43.6 Å². The van der Waals surface area contributed by atoms with E-state index in [2.05, 4.69) is 15.7 Å². The van der Waals surface area contributed by atoms with Crippen molar-refractivity contribution in [1.29, 1.82) is 0 Å². The molecule has 2 aromatic rings. The van der Waals surface area contributed by atoms with Crippen LogP contribution >= 0.6 is 0 Å². The summed E-state index contributed by atoms with van der Waals surface area (Å²) in [6, 6.07) is 10.0. The van der Waals surface area contributed by atoms with Gasteiger partial charge in [0.1, 0.15) is 0 Å². The van der Waals surface area contributed by atoms with Gasteiger partial charge in [-0.25, -0.2) is 4.68 Å². The third kappa shape index (κ3) is 3.66. The topological polar surface area (TPSA) is 68.2 Å². The number of carbonyl (C=O) groups excluding carboxylic acids is 1. The Kier molecular flexibility index (Phi) is 5.61. The lowest BCUT2D eigenvalue weighted by molar-refractivity contribution is 0.0947. The second-order valence-electron chi connectivity index (χ2n) is 5.87. The molecule has 128 valence electrons. The Morgan fingerprint density at radius 2 is 2.04 bits per heavy atom. The molecule has 6 heteroatoms. The lowest BCUT2D eigenvalue weighted by atomic mass is 10.2. The summed E-state index contributed by atoms with van der Waals surface area (Å²) >= 11 is 0. The first-order valence-electron chi connectivity index (χ1n) is 8.45. The number of benzene rings is 1. The van der Waals surface area contributed by atoms with Gasteiger partial charge in [-0.05, 0) is 31.4 Å². The molecule has 6 nitrogen and oxygen atoms in total. The Hall–Kier alpha value is -2.18. The fraction of sp³-hybridized carbons (Fsp3) is 0.444. The maximum absolute atomic E-state index is 12.5. The quantitative estimate of drug-likeness (QED) is 0.717. The third-order valence-corrected chi connectivity index (χ3v) is 4.22. The van der Waals surface area contributed by atoms with Gasteiger partial charge in [0, 0.05) is 38.0 Å². The summed E-state index contributed by atoms with van der Waals surface area (Å²) in [4.78, 5) is 12.5. The number of para-hydroxylation sites is 1. The monoisotopic (exact) mass is 328 g/mol. The highest BCUT2D eigenvalue weighted by atomic mass is 16.5. The number of methoxy groups -OCH3 is 1. The van der Waals surface area contributed by atoms with Crippen LogP contribution in [-0.4, -0.2) is 49.0 Å². The van der Waals surface area contributed by atoms with Crippen LogP contribution in [0, 0.1) is 0 Å². The molecule has 0 saturated heterocycles. The Morgan fingerprint density at radius 3 is 2.83 bits per heavy atom. The minimum atomic E-state index is -0.0867. The first-order chi connectivity index (χ1) is 11.8. The summed E-state index contributed by atoms with van der Waals surface area (Å²) in [6.07, 6.45) is 2.99. The van der Waals surface area contributed by atoms with Gasteiger partial charge in [-0.2, -0.15) is 5.10 Å². The van der Waals surface area contributed by atoms with E-state index in [1.165, 1.54) is 5.69 Å². The van der Waals surface area contributed by atoms with Gasteiger partial charge in [-0.3, -0.25) is 4.79 Å². The van der Waals surface area contributed by atoms with Crippen molar-refractivity contribution in [3.63, 3.8) is 0 Å². The van der Waals surface area contributed by atoms with Gasteiger partial charge in [0.2, 0.25) is 0 Å². The van der Waals surface area contributed by atoms with Crippen LogP contribution in [-0.2, 0) is 17.6 Å². The molecule has 1 aliphatic carbocycles. The number of hydrogen-bond donors (Lipinski definition) is 2. The molecule has 0 saturated carbocycles. The van der Waals surface area contributed by atoms with Gasteiger partial charge in [0.05, 0.1) is 12.3 Å². The highest BCUT2D eigenvalue weighted by Crippen LogP contribution is 2.27. The minimum Gasteiger partial charge on any atom is -0.383 e. The first-order valence-corrected chi connectivity index (χ1v) is 8.45. The highest BCUT2D eigenvalue weighted by molar-refractivity contribution is 5.94. The number of amides is 1. The lowest BCUT2D eigenvalue weighted by Gasteiger charge is -2.06. The minimum absolute atomic E-state index is 0.0867. The predicted octanol–water partition coefficient (Wildman–Crippen LogP) is 1.33. The number of hydrogen-bond acceptors (Lipinski definition) is 4. The largest absolute Gasteiger partial charge is 0.383 e. The first kappa shape index (κ1) is 16.7.